The molecule has 5 heteroatoms. The minimum absolute atomic E-state index is 0.0442. The van der Waals surface area contributed by atoms with Crippen LogP contribution in [0, 0.1) is 23.7 Å². The molecule has 0 spiro atoms. The summed E-state index contributed by atoms with van der Waals surface area (Å²) in [5, 5.41) is 8.25. The van der Waals surface area contributed by atoms with Gasteiger partial charge in [0.05, 0.1) is 12.7 Å². The summed E-state index contributed by atoms with van der Waals surface area (Å²) < 4.78 is 9.46. The van der Waals surface area contributed by atoms with Gasteiger partial charge in [-0.1, -0.05) is 5.92 Å². The number of hydrogen-bond acceptors (Lipinski definition) is 5. The van der Waals surface area contributed by atoms with Crippen LogP contribution >= 0.6 is 0 Å². The molecule has 0 aromatic rings. The summed E-state index contributed by atoms with van der Waals surface area (Å²) >= 11 is 0. The van der Waals surface area contributed by atoms with Gasteiger partial charge in [0.1, 0.15) is 0 Å². The lowest BCUT2D eigenvalue weighted by Gasteiger charge is -2.03. The minimum atomic E-state index is -0.416. The van der Waals surface area contributed by atoms with Crippen LogP contribution in [0.5, 0.6) is 0 Å². The van der Waals surface area contributed by atoms with Crippen LogP contribution in [-0.2, 0) is 19.1 Å². The van der Waals surface area contributed by atoms with Crippen molar-refractivity contribution in [2.45, 2.75) is 32.1 Å². The van der Waals surface area contributed by atoms with E-state index in [1.54, 1.807) is 0 Å². The first-order valence-corrected chi connectivity index (χ1v) is 5.32. The summed E-state index contributed by atoms with van der Waals surface area (Å²) in [7, 11) is 0. The van der Waals surface area contributed by atoms with Gasteiger partial charge in [0.25, 0.3) is 0 Å². The number of nitriles is 1. The molecule has 0 aliphatic heterocycles. The fourth-order valence-electron chi connectivity index (χ4n) is 0.981. The highest BCUT2D eigenvalue weighted by molar-refractivity contribution is 5.72. The van der Waals surface area contributed by atoms with Crippen molar-refractivity contribution in [2.24, 2.45) is 0 Å². The topological polar surface area (TPSA) is 76.4 Å². The Morgan fingerprint density at radius 2 is 1.76 bits per heavy atom. The lowest BCUT2D eigenvalue weighted by molar-refractivity contribution is -0.144. The second kappa shape index (κ2) is 10.5. The molecule has 0 saturated heterocycles. The highest BCUT2D eigenvalue weighted by Crippen LogP contribution is 2.00. The van der Waals surface area contributed by atoms with Crippen molar-refractivity contribution in [3.05, 3.63) is 0 Å². The number of ether oxygens (including phenoxy) is 2. The molecule has 0 aromatic heterocycles. The van der Waals surface area contributed by atoms with Crippen molar-refractivity contribution in [3.63, 3.8) is 0 Å². The summed E-state index contributed by atoms with van der Waals surface area (Å²) in [6.45, 7) is 0.200. The van der Waals surface area contributed by atoms with Crippen LogP contribution in [0.25, 0.3) is 0 Å². The van der Waals surface area contributed by atoms with Gasteiger partial charge in [-0.25, -0.2) is 0 Å². The normalized spacial score (nSPS) is 8.82. The van der Waals surface area contributed by atoms with Crippen molar-refractivity contribution in [3.8, 4) is 18.4 Å². The molecule has 0 aromatic carbocycles. The molecule has 0 radical (unpaired) electrons. The quantitative estimate of drug-likeness (QED) is 0.360. The number of carbonyl (C=O) groups excluding carboxylic acids is 2. The molecule has 0 rings (SSSR count). The molecule has 0 aliphatic carbocycles. The Kier molecular flexibility index (Phi) is 9.26. The molecule has 0 heterocycles. The van der Waals surface area contributed by atoms with Crippen molar-refractivity contribution in [2.75, 3.05) is 13.2 Å². The molecule has 0 unspecified atom stereocenters. The maximum atomic E-state index is 11.1. The zero-order chi connectivity index (χ0) is 12.9. The van der Waals surface area contributed by atoms with E-state index in [1.807, 2.05) is 6.07 Å². The SMILES string of the molecule is C#CCOC(=O)CCCC(=O)OCCCC#N. The maximum Gasteiger partial charge on any atom is 0.306 e. The predicted octanol–water partition coefficient (Wildman–Crippen LogP) is 1.18. The summed E-state index contributed by atoms with van der Waals surface area (Å²) in [6.07, 6.45) is 6.50. The molecule has 0 saturated carbocycles. The van der Waals surface area contributed by atoms with Crippen LogP contribution in [0.15, 0.2) is 0 Å². The van der Waals surface area contributed by atoms with E-state index in [0.29, 0.717) is 19.3 Å². The van der Waals surface area contributed by atoms with Crippen molar-refractivity contribution in [1.82, 2.24) is 0 Å². The zero-order valence-electron chi connectivity index (χ0n) is 9.61. The van der Waals surface area contributed by atoms with Gasteiger partial charge in [-0.3, -0.25) is 9.59 Å². The van der Waals surface area contributed by atoms with E-state index in [-0.39, 0.29) is 32.0 Å². The highest BCUT2D eigenvalue weighted by Gasteiger charge is 2.06. The van der Waals surface area contributed by atoms with E-state index in [0.717, 1.165) is 0 Å². The molecule has 0 N–H and O–H groups in total. The maximum absolute atomic E-state index is 11.1. The van der Waals surface area contributed by atoms with Crippen LogP contribution in [-0.4, -0.2) is 25.2 Å². The fraction of sp³-hybridized carbons (Fsp3) is 0.583. The number of nitrogens with zero attached hydrogens (tertiary/aromatic N) is 1. The molecule has 0 fully saturated rings. The lowest BCUT2D eigenvalue weighted by atomic mass is 10.2. The van der Waals surface area contributed by atoms with Gasteiger partial charge in [-0.15, -0.1) is 6.42 Å². The van der Waals surface area contributed by atoms with E-state index >= 15 is 0 Å². The average molecular weight is 237 g/mol. The largest absolute Gasteiger partial charge is 0.466 e. The van der Waals surface area contributed by atoms with E-state index in [2.05, 4.69) is 10.7 Å². The summed E-state index contributed by atoms with van der Waals surface area (Å²) in [4.78, 5) is 22.1. The Balaban J connectivity index is 3.42. The van der Waals surface area contributed by atoms with Gasteiger partial charge >= 0.3 is 11.9 Å². The number of carbonyl (C=O) groups is 2. The standard InChI is InChI=1S/C12H15NO4/c1-2-9-16-11(14)6-5-7-12(15)17-10-4-3-8-13/h1H,3-7,9-10H2. The smallest absolute Gasteiger partial charge is 0.306 e. The monoisotopic (exact) mass is 237 g/mol. The van der Waals surface area contributed by atoms with Gasteiger partial charge in [0, 0.05) is 19.3 Å². The van der Waals surface area contributed by atoms with Crippen LogP contribution in [0.1, 0.15) is 32.1 Å². The zero-order valence-corrected chi connectivity index (χ0v) is 9.61. The molecule has 0 atom stereocenters. The minimum Gasteiger partial charge on any atom is -0.466 e. The van der Waals surface area contributed by atoms with Crippen LogP contribution in [0.3, 0.4) is 0 Å². The Hall–Kier alpha value is -2.01. The first kappa shape index (κ1) is 15.0. The average Bonchev–Trinajstić information content (AvgIpc) is 2.32. The molecular formula is C12H15NO4. The number of esters is 2. The van der Waals surface area contributed by atoms with E-state index in [4.69, 9.17) is 16.4 Å². The van der Waals surface area contributed by atoms with Gasteiger partial charge < -0.3 is 9.47 Å². The molecule has 0 bridgehead atoms. The number of unbranched alkanes of at least 4 members (excludes halogenated alkanes) is 1. The second-order valence-electron chi connectivity index (χ2n) is 3.20. The number of terminal acetylenes is 1. The first-order valence-electron chi connectivity index (χ1n) is 5.32. The Bertz CT molecular complexity index is 324. The molecule has 17 heavy (non-hydrogen) atoms. The third kappa shape index (κ3) is 10.3. The highest BCUT2D eigenvalue weighted by atomic mass is 16.5. The molecule has 92 valence electrons. The summed E-state index contributed by atoms with van der Waals surface area (Å²) in [6, 6.07) is 1.95. The third-order valence-corrected chi connectivity index (χ3v) is 1.77. The summed E-state index contributed by atoms with van der Waals surface area (Å²) in [5.41, 5.74) is 0. The third-order valence-electron chi connectivity index (χ3n) is 1.77. The van der Waals surface area contributed by atoms with Gasteiger partial charge in [-0.2, -0.15) is 5.26 Å². The van der Waals surface area contributed by atoms with E-state index < -0.39 is 5.97 Å². The Morgan fingerprint density at radius 3 is 2.35 bits per heavy atom. The Labute approximate surface area is 101 Å². The van der Waals surface area contributed by atoms with Crippen LogP contribution in [0.4, 0.5) is 0 Å². The van der Waals surface area contributed by atoms with Gasteiger partial charge in [0.15, 0.2) is 6.61 Å². The van der Waals surface area contributed by atoms with Gasteiger partial charge in [0.2, 0.25) is 0 Å². The van der Waals surface area contributed by atoms with Crippen molar-refractivity contribution >= 4 is 11.9 Å². The molecular weight excluding hydrogens is 222 g/mol. The number of hydrogen-bond donors (Lipinski definition) is 0. The van der Waals surface area contributed by atoms with Gasteiger partial charge in [-0.05, 0) is 12.8 Å². The van der Waals surface area contributed by atoms with Crippen LogP contribution in [0.2, 0.25) is 0 Å². The second-order valence-corrected chi connectivity index (χ2v) is 3.20. The van der Waals surface area contributed by atoms with E-state index in [9.17, 15) is 9.59 Å². The fourth-order valence-corrected chi connectivity index (χ4v) is 0.981. The molecule has 5 nitrogen and oxygen atoms in total. The van der Waals surface area contributed by atoms with Crippen molar-refractivity contribution in [1.29, 1.82) is 5.26 Å². The first-order chi connectivity index (χ1) is 8.20. The Morgan fingerprint density at radius 1 is 1.12 bits per heavy atom. The number of rotatable bonds is 8. The van der Waals surface area contributed by atoms with Crippen LogP contribution < -0.4 is 0 Å². The lowest BCUT2D eigenvalue weighted by Crippen LogP contribution is -2.08. The van der Waals surface area contributed by atoms with E-state index in [1.165, 1.54) is 0 Å². The molecule has 0 aliphatic rings. The van der Waals surface area contributed by atoms with Crippen molar-refractivity contribution < 1.29 is 19.1 Å². The summed E-state index contributed by atoms with van der Waals surface area (Å²) in [5.74, 6) is 1.39. The predicted molar refractivity (Wildman–Crippen MR) is 59.4 cm³/mol. The molecule has 0 amide bonds.